The van der Waals surface area contributed by atoms with Crippen LogP contribution < -0.4 is 5.32 Å². The van der Waals surface area contributed by atoms with Crippen LogP contribution in [-0.2, 0) is 6.54 Å². The zero-order valence-electron chi connectivity index (χ0n) is 9.91. The molecule has 0 fully saturated rings. The van der Waals surface area contributed by atoms with Crippen LogP contribution in [0, 0.1) is 17.1 Å². The molecule has 1 atom stereocenters. The molecule has 0 amide bonds. The van der Waals surface area contributed by atoms with Crippen LogP contribution >= 0.6 is 0 Å². The maximum absolute atomic E-state index is 13.2. The van der Waals surface area contributed by atoms with E-state index in [2.05, 4.69) is 5.32 Å². The average Bonchev–Trinajstić information content (AvgIpc) is 2.33. The molecule has 0 spiro atoms. The average molecular weight is 236 g/mol. The fourth-order valence-electron chi connectivity index (χ4n) is 1.69. The maximum Gasteiger partial charge on any atom is 0.124 e. The molecule has 0 heterocycles. The first kappa shape index (κ1) is 13.6. The van der Waals surface area contributed by atoms with Crippen molar-refractivity contribution < 1.29 is 9.50 Å². The summed E-state index contributed by atoms with van der Waals surface area (Å²) in [7, 11) is 0. The number of hydrogen-bond donors (Lipinski definition) is 2. The smallest absolute Gasteiger partial charge is 0.124 e. The third-order valence-electron chi connectivity index (χ3n) is 2.65. The predicted molar refractivity (Wildman–Crippen MR) is 63.7 cm³/mol. The van der Waals surface area contributed by atoms with E-state index in [1.165, 1.54) is 12.1 Å². The van der Waals surface area contributed by atoms with E-state index in [0.29, 0.717) is 18.5 Å². The molecular weight excluding hydrogens is 219 g/mol. The Bertz CT molecular complexity index is 401. The SMILES string of the molecule is CCC(CCO)NCc1cc(F)cc(C#N)c1. The Kier molecular flexibility index (Phi) is 5.61. The molecule has 4 heteroatoms. The number of hydrogen-bond acceptors (Lipinski definition) is 3. The molecule has 2 N–H and O–H groups in total. The molecule has 0 aliphatic heterocycles. The second-order valence-electron chi connectivity index (χ2n) is 3.96. The zero-order chi connectivity index (χ0) is 12.7. The van der Waals surface area contributed by atoms with Crippen molar-refractivity contribution in [3.63, 3.8) is 0 Å². The quantitative estimate of drug-likeness (QED) is 0.793. The minimum Gasteiger partial charge on any atom is -0.396 e. The molecule has 0 aliphatic carbocycles. The van der Waals surface area contributed by atoms with Crippen LogP contribution in [0.2, 0.25) is 0 Å². The number of benzene rings is 1. The van der Waals surface area contributed by atoms with Crippen LogP contribution in [0.1, 0.15) is 30.9 Å². The monoisotopic (exact) mass is 236 g/mol. The van der Waals surface area contributed by atoms with E-state index in [-0.39, 0.29) is 12.6 Å². The summed E-state index contributed by atoms with van der Waals surface area (Å²) in [5, 5.41) is 20.8. The van der Waals surface area contributed by atoms with Gasteiger partial charge in [-0.05, 0) is 36.6 Å². The van der Waals surface area contributed by atoms with Gasteiger partial charge in [0, 0.05) is 19.2 Å². The minimum atomic E-state index is -0.393. The summed E-state index contributed by atoms with van der Waals surface area (Å²) >= 11 is 0. The molecule has 0 aliphatic rings. The topological polar surface area (TPSA) is 56.0 Å². The van der Waals surface area contributed by atoms with Crippen molar-refractivity contribution in [2.24, 2.45) is 0 Å². The largest absolute Gasteiger partial charge is 0.396 e. The molecule has 0 bridgehead atoms. The Hall–Kier alpha value is -1.44. The van der Waals surface area contributed by atoms with Crippen LogP contribution in [0.4, 0.5) is 4.39 Å². The van der Waals surface area contributed by atoms with Crippen LogP contribution in [0.25, 0.3) is 0 Å². The molecule has 92 valence electrons. The molecule has 1 aromatic carbocycles. The van der Waals surface area contributed by atoms with E-state index in [9.17, 15) is 4.39 Å². The van der Waals surface area contributed by atoms with Crippen molar-refractivity contribution in [1.82, 2.24) is 5.32 Å². The van der Waals surface area contributed by atoms with Gasteiger partial charge in [0.25, 0.3) is 0 Å². The number of rotatable bonds is 6. The number of halogens is 1. The summed E-state index contributed by atoms with van der Waals surface area (Å²) in [6, 6.07) is 6.45. The van der Waals surface area contributed by atoms with Crippen LogP contribution in [0.15, 0.2) is 18.2 Å². The summed E-state index contributed by atoms with van der Waals surface area (Å²) in [4.78, 5) is 0. The van der Waals surface area contributed by atoms with Crippen molar-refractivity contribution in [2.75, 3.05) is 6.61 Å². The fourth-order valence-corrected chi connectivity index (χ4v) is 1.69. The summed E-state index contributed by atoms with van der Waals surface area (Å²) < 4.78 is 13.2. The summed E-state index contributed by atoms with van der Waals surface area (Å²) in [6.07, 6.45) is 1.58. The molecule has 0 saturated carbocycles. The molecule has 0 saturated heterocycles. The lowest BCUT2D eigenvalue weighted by Crippen LogP contribution is -2.28. The van der Waals surface area contributed by atoms with Gasteiger partial charge >= 0.3 is 0 Å². The van der Waals surface area contributed by atoms with Crippen molar-refractivity contribution >= 4 is 0 Å². The molecule has 1 rings (SSSR count). The third kappa shape index (κ3) is 4.51. The van der Waals surface area contributed by atoms with Crippen molar-refractivity contribution in [2.45, 2.75) is 32.4 Å². The van der Waals surface area contributed by atoms with Gasteiger partial charge in [-0.3, -0.25) is 0 Å². The number of nitriles is 1. The molecular formula is C13H17FN2O. The van der Waals surface area contributed by atoms with Gasteiger partial charge in [-0.1, -0.05) is 6.92 Å². The maximum atomic E-state index is 13.2. The standard InChI is InChI=1S/C13H17FN2O/c1-2-13(3-4-17)16-9-11-5-10(8-15)6-12(14)7-11/h5-7,13,16-17H,2-4,9H2,1H3. The van der Waals surface area contributed by atoms with Gasteiger partial charge < -0.3 is 10.4 Å². The lowest BCUT2D eigenvalue weighted by Gasteiger charge is -2.15. The van der Waals surface area contributed by atoms with Crippen molar-refractivity contribution in [3.8, 4) is 6.07 Å². The number of nitrogens with one attached hydrogen (secondary N) is 1. The Morgan fingerprint density at radius 2 is 2.24 bits per heavy atom. The highest BCUT2D eigenvalue weighted by Gasteiger charge is 2.06. The number of nitrogens with zero attached hydrogens (tertiary/aromatic N) is 1. The molecule has 17 heavy (non-hydrogen) atoms. The highest BCUT2D eigenvalue weighted by molar-refractivity contribution is 5.33. The second-order valence-corrected chi connectivity index (χ2v) is 3.96. The minimum absolute atomic E-state index is 0.137. The van der Waals surface area contributed by atoms with Crippen molar-refractivity contribution in [1.29, 1.82) is 5.26 Å². The van der Waals surface area contributed by atoms with Gasteiger partial charge in [0.2, 0.25) is 0 Å². The van der Waals surface area contributed by atoms with E-state index in [1.807, 2.05) is 13.0 Å². The van der Waals surface area contributed by atoms with E-state index in [4.69, 9.17) is 10.4 Å². The Morgan fingerprint density at radius 3 is 2.82 bits per heavy atom. The number of aliphatic hydroxyl groups is 1. The van der Waals surface area contributed by atoms with E-state index >= 15 is 0 Å². The summed E-state index contributed by atoms with van der Waals surface area (Å²) in [5.74, 6) is -0.393. The fraction of sp³-hybridized carbons (Fsp3) is 0.462. The van der Waals surface area contributed by atoms with Crippen LogP contribution in [0.3, 0.4) is 0 Å². The zero-order valence-corrected chi connectivity index (χ0v) is 9.91. The van der Waals surface area contributed by atoms with Gasteiger partial charge in [-0.15, -0.1) is 0 Å². The second kappa shape index (κ2) is 7.00. The first-order chi connectivity index (χ1) is 8.19. The number of aliphatic hydroxyl groups excluding tert-OH is 1. The lowest BCUT2D eigenvalue weighted by atomic mass is 10.1. The first-order valence-corrected chi connectivity index (χ1v) is 5.73. The normalized spacial score (nSPS) is 12.1. The van der Waals surface area contributed by atoms with E-state index in [0.717, 1.165) is 12.0 Å². The Morgan fingerprint density at radius 1 is 1.47 bits per heavy atom. The van der Waals surface area contributed by atoms with Gasteiger partial charge in [0.1, 0.15) is 5.82 Å². The van der Waals surface area contributed by atoms with Gasteiger partial charge in [0.15, 0.2) is 0 Å². The Labute approximate surface area is 101 Å². The molecule has 1 unspecified atom stereocenters. The Balaban J connectivity index is 2.62. The summed E-state index contributed by atoms with van der Waals surface area (Å²) in [6.45, 7) is 2.67. The lowest BCUT2D eigenvalue weighted by molar-refractivity contribution is 0.262. The van der Waals surface area contributed by atoms with Gasteiger partial charge in [-0.25, -0.2) is 4.39 Å². The highest BCUT2D eigenvalue weighted by atomic mass is 19.1. The highest BCUT2D eigenvalue weighted by Crippen LogP contribution is 2.09. The van der Waals surface area contributed by atoms with E-state index in [1.54, 1.807) is 6.07 Å². The van der Waals surface area contributed by atoms with Gasteiger partial charge in [0.05, 0.1) is 11.6 Å². The first-order valence-electron chi connectivity index (χ1n) is 5.73. The third-order valence-corrected chi connectivity index (χ3v) is 2.65. The van der Waals surface area contributed by atoms with E-state index < -0.39 is 5.82 Å². The van der Waals surface area contributed by atoms with Crippen LogP contribution in [-0.4, -0.2) is 17.8 Å². The predicted octanol–water partition coefficient (Wildman–Crippen LogP) is 1.95. The molecule has 3 nitrogen and oxygen atoms in total. The molecule has 0 aromatic heterocycles. The van der Waals surface area contributed by atoms with Crippen molar-refractivity contribution in [3.05, 3.63) is 35.1 Å². The molecule has 1 aromatic rings. The molecule has 0 radical (unpaired) electrons. The van der Waals surface area contributed by atoms with Crippen LogP contribution in [0.5, 0.6) is 0 Å². The van der Waals surface area contributed by atoms with Gasteiger partial charge in [-0.2, -0.15) is 5.26 Å². The summed E-state index contributed by atoms with van der Waals surface area (Å²) in [5.41, 5.74) is 1.08.